The van der Waals surface area contributed by atoms with Crippen LogP contribution in [-0.4, -0.2) is 35.5 Å². The van der Waals surface area contributed by atoms with Crippen molar-refractivity contribution in [3.63, 3.8) is 0 Å². The average Bonchev–Trinajstić information content (AvgIpc) is 2.67. The van der Waals surface area contributed by atoms with E-state index in [1.54, 1.807) is 24.3 Å². The molecule has 0 unspecified atom stereocenters. The Bertz CT molecular complexity index is 865. The lowest BCUT2D eigenvalue weighted by molar-refractivity contribution is -0.138. The molecule has 0 bridgehead atoms. The zero-order valence-electron chi connectivity index (χ0n) is 14.6. The molecule has 0 saturated carbocycles. The van der Waals surface area contributed by atoms with Crippen LogP contribution in [0.1, 0.15) is 23.2 Å². The largest absolute Gasteiger partial charge is 0.481 e. The molecule has 2 amide bonds. The van der Waals surface area contributed by atoms with Gasteiger partial charge < -0.3 is 20.5 Å². The monoisotopic (exact) mass is 404 g/mol. The highest BCUT2D eigenvalue weighted by molar-refractivity contribution is 6.30. The van der Waals surface area contributed by atoms with Crippen molar-refractivity contribution in [2.75, 3.05) is 17.2 Å². The van der Waals surface area contributed by atoms with E-state index >= 15 is 0 Å². The minimum absolute atomic E-state index is 0.151. The molecule has 2 aromatic carbocycles. The van der Waals surface area contributed by atoms with Gasteiger partial charge in [-0.1, -0.05) is 11.6 Å². The summed E-state index contributed by atoms with van der Waals surface area (Å²) in [6.45, 7) is -0.463. The number of halogens is 1. The van der Waals surface area contributed by atoms with E-state index in [2.05, 4.69) is 10.6 Å². The molecule has 2 rings (SSSR count). The van der Waals surface area contributed by atoms with Crippen molar-refractivity contribution >= 4 is 46.7 Å². The quantitative estimate of drug-likeness (QED) is 0.581. The molecule has 0 heterocycles. The highest BCUT2D eigenvalue weighted by atomic mass is 35.5. The molecule has 0 aliphatic rings. The number of carboxylic acids is 1. The summed E-state index contributed by atoms with van der Waals surface area (Å²) in [6.07, 6.45) is -0.420. The van der Waals surface area contributed by atoms with Crippen LogP contribution in [0, 0.1) is 0 Å². The Labute approximate surface area is 165 Å². The van der Waals surface area contributed by atoms with Gasteiger partial charge in [0.25, 0.3) is 5.91 Å². The van der Waals surface area contributed by atoms with E-state index in [0.717, 1.165) is 0 Å². The van der Waals surface area contributed by atoms with E-state index < -0.39 is 30.4 Å². The van der Waals surface area contributed by atoms with Crippen molar-refractivity contribution in [1.82, 2.24) is 0 Å². The zero-order chi connectivity index (χ0) is 20.5. The SMILES string of the molecule is O=C(O)CCC(=O)Nc1ccc(C(=O)OCC(=O)Nc2ccc(Cl)cc2)cc1. The molecule has 0 aromatic heterocycles. The number of amides is 2. The summed E-state index contributed by atoms with van der Waals surface area (Å²) in [5.41, 5.74) is 1.13. The van der Waals surface area contributed by atoms with Gasteiger partial charge in [-0.25, -0.2) is 4.79 Å². The van der Waals surface area contributed by atoms with Gasteiger partial charge in [0.05, 0.1) is 12.0 Å². The fourth-order valence-electron chi connectivity index (χ4n) is 2.08. The number of hydrogen-bond acceptors (Lipinski definition) is 5. The van der Waals surface area contributed by atoms with Gasteiger partial charge in [-0.3, -0.25) is 14.4 Å². The molecule has 3 N–H and O–H groups in total. The second-order valence-corrected chi connectivity index (χ2v) is 6.09. The number of rotatable bonds is 8. The molecule has 28 heavy (non-hydrogen) atoms. The lowest BCUT2D eigenvalue weighted by atomic mass is 10.2. The fraction of sp³-hybridized carbons (Fsp3) is 0.158. The summed E-state index contributed by atoms with van der Waals surface area (Å²) in [6, 6.07) is 12.3. The highest BCUT2D eigenvalue weighted by Gasteiger charge is 2.11. The van der Waals surface area contributed by atoms with Crippen molar-refractivity contribution in [1.29, 1.82) is 0 Å². The van der Waals surface area contributed by atoms with Crippen LogP contribution in [0.25, 0.3) is 0 Å². The van der Waals surface area contributed by atoms with Gasteiger partial charge in [-0.2, -0.15) is 0 Å². The van der Waals surface area contributed by atoms with Crippen LogP contribution < -0.4 is 10.6 Å². The van der Waals surface area contributed by atoms with Crippen LogP contribution in [-0.2, 0) is 19.1 Å². The van der Waals surface area contributed by atoms with Crippen LogP contribution in [0.3, 0.4) is 0 Å². The first-order valence-electron chi connectivity index (χ1n) is 8.18. The Morgan fingerprint density at radius 1 is 0.821 bits per heavy atom. The Morgan fingerprint density at radius 3 is 1.93 bits per heavy atom. The third kappa shape index (κ3) is 7.08. The molecule has 2 aromatic rings. The summed E-state index contributed by atoms with van der Waals surface area (Å²) in [4.78, 5) is 45.8. The Morgan fingerprint density at radius 2 is 1.36 bits per heavy atom. The van der Waals surface area contributed by atoms with E-state index in [1.807, 2.05) is 0 Å². The third-order valence-electron chi connectivity index (χ3n) is 3.43. The summed E-state index contributed by atoms with van der Waals surface area (Å²) in [5.74, 6) is -2.71. The maximum Gasteiger partial charge on any atom is 0.338 e. The van der Waals surface area contributed by atoms with Crippen LogP contribution in [0.4, 0.5) is 11.4 Å². The van der Waals surface area contributed by atoms with Gasteiger partial charge >= 0.3 is 11.9 Å². The highest BCUT2D eigenvalue weighted by Crippen LogP contribution is 2.14. The molecular formula is C19H17ClN2O6. The minimum atomic E-state index is -1.06. The number of anilines is 2. The number of hydrogen-bond donors (Lipinski definition) is 3. The number of aliphatic carboxylic acids is 1. The first-order valence-corrected chi connectivity index (χ1v) is 8.55. The topological polar surface area (TPSA) is 122 Å². The average molecular weight is 405 g/mol. The summed E-state index contributed by atoms with van der Waals surface area (Å²) >= 11 is 5.76. The normalized spacial score (nSPS) is 10.0. The van der Waals surface area contributed by atoms with E-state index in [0.29, 0.717) is 16.4 Å². The molecule has 146 valence electrons. The standard InChI is InChI=1S/C19H17ClN2O6/c20-13-3-7-15(8-4-13)22-17(24)11-28-19(27)12-1-5-14(6-2-12)21-16(23)9-10-18(25)26/h1-8H,9-11H2,(H,21,23)(H,22,24)(H,25,26). The van der Waals surface area contributed by atoms with Gasteiger partial charge in [0.15, 0.2) is 6.61 Å². The molecule has 0 aliphatic carbocycles. The second-order valence-electron chi connectivity index (χ2n) is 5.65. The van der Waals surface area contributed by atoms with Crippen molar-refractivity contribution in [2.24, 2.45) is 0 Å². The van der Waals surface area contributed by atoms with Crippen LogP contribution in [0.5, 0.6) is 0 Å². The zero-order valence-corrected chi connectivity index (χ0v) is 15.4. The number of carbonyl (C=O) groups excluding carboxylic acids is 3. The smallest absolute Gasteiger partial charge is 0.338 e. The number of nitrogens with one attached hydrogen (secondary N) is 2. The predicted octanol–water partition coefficient (Wildman–Crippen LogP) is 2.94. The molecule has 0 radical (unpaired) electrons. The maximum absolute atomic E-state index is 12.0. The summed E-state index contributed by atoms with van der Waals surface area (Å²) in [5, 5.41) is 14.2. The van der Waals surface area contributed by atoms with Gasteiger partial charge in [-0.05, 0) is 48.5 Å². The first kappa shape index (κ1) is 20.9. The number of carboxylic acid groups (broad SMARTS) is 1. The van der Waals surface area contributed by atoms with E-state index in [9.17, 15) is 19.2 Å². The fourth-order valence-corrected chi connectivity index (χ4v) is 2.20. The number of carbonyl (C=O) groups is 4. The molecule has 0 spiro atoms. The lowest BCUT2D eigenvalue weighted by Gasteiger charge is -2.08. The molecule has 0 atom stereocenters. The van der Waals surface area contributed by atoms with Crippen molar-refractivity contribution < 1.29 is 29.0 Å². The van der Waals surface area contributed by atoms with Crippen LogP contribution >= 0.6 is 11.6 Å². The van der Waals surface area contributed by atoms with E-state index in [-0.39, 0.29) is 18.4 Å². The van der Waals surface area contributed by atoms with E-state index in [4.69, 9.17) is 21.4 Å². The molecule has 9 heteroatoms. The number of ether oxygens (including phenoxy) is 1. The Hall–Kier alpha value is -3.39. The molecule has 0 aliphatic heterocycles. The van der Waals surface area contributed by atoms with Gasteiger partial charge in [0.1, 0.15) is 0 Å². The second kappa shape index (κ2) is 10.1. The number of benzene rings is 2. The Balaban J connectivity index is 1.80. The minimum Gasteiger partial charge on any atom is -0.481 e. The lowest BCUT2D eigenvalue weighted by Crippen LogP contribution is -2.20. The molecule has 8 nitrogen and oxygen atoms in total. The predicted molar refractivity (Wildman–Crippen MR) is 102 cm³/mol. The van der Waals surface area contributed by atoms with Crippen molar-refractivity contribution in [3.8, 4) is 0 Å². The van der Waals surface area contributed by atoms with Crippen molar-refractivity contribution in [3.05, 3.63) is 59.1 Å². The van der Waals surface area contributed by atoms with Crippen molar-refractivity contribution in [2.45, 2.75) is 12.8 Å². The summed E-state index contributed by atoms with van der Waals surface area (Å²) < 4.78 is 4.94. The maximum atomic E-state index is 12.0. The molecule has 0 saturated heterocycles. The Kier molecular flexibility index (Phi) is 7.53. The van der Waals surface area contributed by atoms with Gasteiger partial charge in [-0.15, -0.1) is 0 Å². The third-order valence-corrected chi connectivity index (χ3v) is 3.68. The first-order chi connectivity index (χ1) is 13.3. The van der Waals surface area contributed by atoms with Crippen LogP contribution in [0.15, 0.2) is 48.5 Å². The molecular weight excluding hydrogens is 388 g/mol. The molecule has 0 fully saturated rings. The summed E-state index contributed by atoms with van der Waals surface area (Å²) in [7, 11) is 0. The van der Waals surface area contributed by atoms with Gasteiger partial charge in [0, 0.05) is 22.8 Å². The van der Waals surface area contributed by atoms with E-state index in [1.165, 1.54) is 24.3 Å². The van der Waals surface area contributed by atoms with Gasteiger partial charge in [0.2, 0.25) is 5.91 Å². The number of esters is 1. The van der Waals surface area contributed by atoms with Crippen LogP contribution in [0.2, 0.25) is 5.02 Å².